The molecule has 1 nitrogen and oxygen atoms in total. The van der Waals surface area contributed by atoms with Crippen LogP contribution in [0.4, 0.5) is 0 Å². The van der Waals surface area contributed by atoms with Crippen LogP contribution in [0.25, 0.3) is 0 Å². The summed E-state index contributed by atoms with van der Waals surface area (Å²) >= 11 is 0. The first-order valence-corrected chi connectivity index (χ1v) is 4.72. The van der Waals surface area contributed by atoms with E-state index in [2.05, 4.69) is 20.8 Å². The van der Waals surface area contributed by atoms with Crippen LogP contribution in [0.1, 0.15) is 40.5 Å². The zero-order valence-electron chi connectivity index (χ0n) is 8.48. The Bertz CT molecular complexity index is 223. The van der Waals surface area contributed by atoms with Crippen LogP contribution in [-0.2, 0) is 4.79 Å². The fourth-order valence-electron chi connectivity index (χ4n) is 1.72. The standard InChI is InChI=1S/C11H18O/c1-7(2)10-5-8(3)9(4)11(12)6-10/h7,10H,5-6H2,1-4H3/t10-/m0/s1. The summed E-state index contributed by atoms with van der Waals surface area (Å²) in [4.78, 5) is 11.5. The van der Waals surface area contributed by atoms with Gasteiger partial charge in [-0.15, -0.1) is 0 Å². The summed E-state index contributed by atoms with van der Waals surface area (Å²) in [6.45, 7) is 8.44. The molecule has 0 aliphatic heterocycles. The van der Waals surface area contributed by atoms with Crippen LogP contribution in [-0.4, -0.2) is 5.78 Å². The Kier molecular flexibility index (Phi) is 2.71. The summed E-state index contributed by atoms with van der Waals surface area (Å²) in [6, 6.07) is 0. The van der Waals surface area contributed by atoms with Gasteiger partial charge >= 0.3 is 0 Å². The van der Waals surface area contributed by atoms with Gasteiger partial charge in [0.1, 0.15) is 0 Å². The molecule has 68 valence electrons. The molecule has 0 aromatic carbocycles. The fraction of sp³-hybridized carbons (Fsp3) is 0.727. The second-order valence-electron chi connectivity index (χ2n) is 4.24. The van der Waals surface area contributed by atoms with E-state index in [1.54, 1.807) is 0 Å². The Balaban J connectivity index is 2.78. The maximum Gasteiger partial charge on any atom is 0.158 e. The van der Waals surface area contributed by atoms with Crippen molar-refractivity contribution in [1.29, 1.82) is 0 Å². The highest BCUT2D eigenvalue weighted by Gasteiger charge is 2.24. The molecule has 1 heteroatoms. The van der Waals surface area contributed by atoms with Gasteiger partial charge in [0.25, 0.3) is 0 Å². The maximum atomic E-state index is 11.5. The van der Waals surface area contributed by atoms with Gasteiger partial charge in [0.15, 0.2) is 5.78 Å². The zero-order valence-corrected chi connectivity index (χ0v) is 8.48. The molecule has 0 aromatic rings. The normalized spacial score (nSPS) is 25.4. The molecule has 1 rings (SSSR count). The molecule has 0 heterocycles. The molecule has 0 N–H and O–H groups in total. The predicted molar refractivity (Wildman–Crippen MR) is 50.9 cm³/mol. The molecule has 0 saturated carbocycles. The van der Waals surface area contributed by atoms with Gasteiger partial charge in [-0.3, -0.25) is 4.79 Å². The van der Waals surface area contributed by atoms with Crippen LogP contribution in [0.5, 0.6) is 0 Å². The smallest absolute Gasteiger partial charge is 0.158 e. The largest absolute Gasteiger partial charge is 0.295 e. The lowest BCUT2D eigenvalue weighted by atomic mass is 9.78. The molecule has 1 aliphatic carbocycles. The highest BCUT2D eigenvalue weighted by Crippen LogP contribution is 2.31. The number of allylic oxidation sites excluding steroid dienone is 2. The van der Waals surface area contributed by atoms with Crippen LogP contribution < -0.4 is 0 Å². The van der Waals surface area contributed by atoms with Gasteiger partial charge in [-0.1, -0.05) is 19.4 Å². The predicted octanol–water partition coefficient (Wildman–Crippen LogP) is 2.96. The molecular weight excluding hydrogens is 148 g/mol. The number of carbonyl (C=O) groups is 1. The summed E-state index contributed by atoms with van der Waals surface area (Å²) in [5.41, 5.74) is 2.30. The first-order valence-electron chi connectivity index (χ1n) is 4.72. The van der Waals surface area contributed by atoms with Crippen molar-refractivity contribution in [1.82, 2.24) is 0 Å². The van der Waals surface area contributed by atoms with E-state index in [0.717, 1.165) is 18.4 Å². The molecule has 0 unspecified atom stereocenters. The Morgan fingerprint density at radius 1 is 1.25 bits per heavy atom. The van der Waals surface area contributed by atoms with E-state index in [4.69, 9.17) is 0 Å². The van der Waals surface area contributed by atoms with E-state index in [9.17, 15) is 4.79 Å². The number of hydrogen-bond donors (Lipinski definition) is 0. The Hall–Kier alpha value is -0.590. The van der Waals surface area contributed by atoms with Crippen molar-refractivity contribution in [3.8, 4) is 0 Å². The van der Waals surface area contributed by atoms with Gasteiger partial charge in [-0.05, 0) is 37.7 Å². The van der Waals surface area contributed by atoms with Gasteiger partial charge in [0.05, 0.1) is 0 Å². The Morgan fingerprint density at radius 3 is 2.25 bits per heavy atom. The van der Waals surface area contributed by atoms with Crippen molar-refractivity contribution in [2.24, 2.45) is 11.8 Å². The lowest BCUT2D eigenvalue weighted by molar-refractivity contribution is -0.117. The first kappa shape index (κ1) is 9.50. The van der Waals surface area contributed by atoms with Gasteiger partial charge in [-0.2, -0.15) is 0 Å². The van der Waals surface area contributed by atoms with E-state index in [1.165, 1.54) is 5.57 Å². The molecule has 0 bridgehead atoms. The van der Waals surface area contributed by atoms with E-state index >= 15 is 0 Å². The minimum Gasteiger partial charge on any atom is -0.295 e. The third-order valence-corrected chi connectivity index (χ3v) is 3.02. The van der Waals surface area contributed by atoms with Crippen molar-refractivity contribution in [3.05, 3.63) is 11.1 Å². The molecule has 12 heavy (non-hydrogen) atoms. The molecule has 1 atom stereocenters. The second kappa shape index (κ2) is 3.42. The molecule has 0 amide bonds. The van der Waals surface area contributed by atoms with E-state index in [0.29, 0.717) is 17.6 Å². The summed E-state index contributed by atoms with van der Waals surface area (Å²) in [6.07, 6.45) is 1.89. The maximum absolute atomic E-state index is 11.5. The highest BCUT2D eigenvalue weighted by atomic mass is 16.1. The summed E-state index contributed by atoms with van der Waals surface area (Å²) < 4.78 is 0. The van der Waals surface area contributed by atoms with Crippen molar-refractivity contribution in [2.75, 3.05) is 0 Å². The van der Waals surface area contributed by atoms with Gasteiger partial charge in [0, 0.05) is 6.42 Å². The van der Waals surface area contributed by atoms with Crippen LogP contribution in [0.15, 0.2) is 11.1 Å². The molecule has 0 saturated heterocycles. The number of ketones is 1. The monoisotopic (exact) mass is 166 g/mol. The molecule has 0 aromatic heterocycles. The molecule has 0 spiro atoms. The van der Waals surface area contributed by atoms with Gasteiger partial charge in [-0.25, -0.2) is 0 Å². The Morgan fingerprint density at radius 2 is 1.83 bits per heavy atom. The van der Waals surface area contributed by atoms with E-state index in [1.807, 2.05) is 6.92 Å². The minimum absolute atomic E-state index is 0.359. The average molecular weight is 166 g/mol. The highest BCUT2D eigenvalue weighted by molar-refractivity contribution is 5.96. The third kappa shape index (κ3) is 1.77. The van der Waals surface area contributed by atoms with Crippen molar-refractivity contribution in [3.63, 3.8) is 0 Å². The minimum atomic E-state index is 0.359. The van der Waals surface area contributed by atoms with Crippen molar-refractivity contribution in [2.45, 2.75) is 40.5 Å². The molecule has 0 fully saturated rings. The molecular formula is C11H18O. The fourth-order valence-corrected chi connectivity index (χ4v) is 1.72. The third-order valence-electron chi connectivity index (χ3n) is 3.02. The van der Waals surface area contributed by atoms with Crippen molar-refractivity contribution >= 4 is 5.78 Å². The summed E-state index contributed by atoms with van der Waals surface area (Å²) in [7, 11) is 0. The lowest BCUT2D eigenvalue weighted by Crippen LogP contribution is -2.21. The van der Waals surface area contributed by atoms with Crippen LogP contribution >= 0.6 is 0 Å². The molecule has 1 aliphatic rings. The lowest BCUT2D eigenvalue weighted by Gasteiger charge is -2.26. The second-order valence-corrected chi connectivity index (χ2v) is 4.24. The molecule has 0 radical (unpaired) electrons. The van der Waals surface area contributed by atoms with Gasteiger partial charge in [0.2, 0.25) is 0 Å². The average Bonchev–Trinajstić information content (AvgIpc) is 1.99. The Labute approximate surface area is 74.9 Å². The quantitative estimate of drug-likeness (QED) is 0.585. The van der Waals surface area contributed by atoms with Crippen molar-refractivity contribution < 1.29 is 4.79 Å². The van der Waals surface area contributed by atoms with E-state index < -0.39 is 0 Å². The first-order chi connectivity index (χ1) is 5.52. The summed E-state index contributed by atoms with van der Waals surface area (Å²) in [5, 5.41) is 0. The van der Waals surface area contributed by atoms with Crippen LogP contribution in [0.3, 0.4) is 0 Å². The topological polar surface area (TPSA) is 17.1 Å². The van der Waals surface area contributed by atoms with Gasteiger partial charge < -0.3 is 0 Å². The van der Waals surface area contributed by atoms with Crippen LogP contribution in [0, 0.1) is 11.8 Å². The summed E-state index contributed by atoms with van der Waals surface area (Å²) in [5.74, 6) is 1.58. The number of Topliss-reactive ketones (excluding diaryl/α,β-unsaturated/α-hetero) is 1. The zero-order chi connectivity index (χ0) is 9.30. The van der Waals surface area contributed by atoms with E-state index in [-0.39, 0.29) is 0 Å². The SMILES string of the molecule is CC1=C(C)C(=O)C[C@@H](C(C)C)C1. The number of rotatable bonds is 1. The van der Waals surface area contributed by atoms with Crippen LogP contribution in [0.2, 0.25) is 0 Å². The number of carbonyl (C=O) groups excluding carboxylic acids is 1. The number of hydrogen-bond acceptors (Lipinski definition) is 1.